The molecular formula is C29H39N7O5S. The van der Waals surface area contributed by atoms with Gasteiger partial charge in [-0.05, 0) is 38.1 Å². The zero-order chi connectivity index (χ0) is 29.9. The van der Waals surface area contributed by atoms with Crippen LogP contribution in [0.4, 0.5) is 0 Å². The van der Waals surface area contributed by atoms with E-state index in [9.17, 15) is 13.2 Å². The molecule has 42 heavy (non-hydrogen) atoms. The fourth-order valence-electron chi connectivity index (χ4n) is 5.66. The van der Waals surface area contributed by atoms with E-state index in [1.807, 2.05) is 24.9 Å². The van der Waals surface area contributed by atoms with Crippen molar-refractivity contribution in [1.29, 1.82) is 0 Å². The van der Waals surface area contributed by atoms with Crippen LogP contribution in [-0.2, 0) is 19.6 Å². The molecule has 1 aromatic carbocycles. The maximum Gasteiger partial charge on any atom is 0.272 e. The first-order valence-electron chi connectivity index (χ1n) is 14.5. The molecule has 1 N–H and O–H groups in total. The van der Waals surface area contributed by atoms with Crippen molar-refractivity contribution in [2.45, 2.75) is 44.2 Å². The van der Waals surface area contributed by atoms with Crippen molar-refractivity contribution in [2.24, 2.45) is 9.98 Å². The van der Waals surface area contributed by atoms with Crippen molar-refractivity contribution in [3.8, 4) is 16.9 Å². The third-order valence-corrected chi connectivity index (χ3v) is 9.79. The van der Waals surface area contributed by atoms with Gasteiger partial charge in [-0.3, -0.25) is 9.78 Å². The van der Waals surface area contributed by atoms with Crippen LogP contribution >= 0.6 is 0 Å². The van der Waals surface area contributed by atoms with E-state index in [4.69, 9.17) is 14.5 Å². The molecule has 2 saturated heterocycles. The molecule has 3 aliphatic rings. The highest BCUT2D eigenvalue weighted by Gasteiger charge is 2.43. The van der Waals surface area contributed by atoms with Gasteiger partial charge >= 0.3 is 0 Å². The van der Waals surface area contributed by atoms with E-state index < -0.39 is 16.1 Å². The number of hydrogen-bond donors (Lipinski definition) is 1. The van der Waals surface area contributed by atoms with Gasteiger partial charge in [0, 0.05) is 63.4 Å². The van der Waals surface area contributed by atoms with Gasteiger partial charge < -0.3 is 14.4 Å². The van der Waals surface area contributed by atoms with Crippen molar-refractivity contribution in [2.75, 3.05) is 59.6 Å². The molecular weight excluding hydrogens is 558 g/mol. The summed E-state index contributed by atoms with van der Waals surface area (Å²) in [5, 5.41) is 1.96. The van der Waals surface area contributed by atoms with Crippen LogP contribution in [0.15, 0.2) is 51.5 Å². The molecule has 0 saturated carbocycles. The molecule has 1 aromatic heterocycles. The van der Waals surface area contributed by atoms with E-state index in [-0.39, 0.29) is 22.7 Å². The summed E-state index contributed by atoms with van der Waals surface area (Å²) >= 11 is 0. The Labute approximate surface area is 247 Å². The average Bonchev–Trinajstić information content (AvgIpc) is 3.38. The third kappa shape index (κ3) is 5.90. The number of hydrazine groups is 1. The summed E-state index contributed by atoms with van der Waals surface area (Å²) in [5.74, 6) is 0.161. The molecule has 0 bridgehead atoms. The number of amidine groups is 1. The van der Waals surface area contributed by atoms with Crippen LogP contribution in [0.25, 0.3) is 11.1 Å². The first-order valence-corrected chi connectivity index (χ1v) is 15.9. The van der Waals surface area contributed by atoms with Gasteiger partial charge in [0.15, 0.2) is 5.84 Å². The number of nitrogens with one attached hydrogen (secondary N) is 1. The Kier molecular flexibility index (Phi) is 9.45. The van der Waals surface area contributed by atoms with Crippen LogP contribution in [0.1, 0.15) is 32.8 Å². The van der Waals surface area contributed by atoms with E-state index in [1.54, 1.807) is 37.7 Å². The summed E-state index contributed by atoms with van der Waals surface area (Å²) in [6.45, 7) is 10.3. The monoisotopic (exact) mass is 597 g/mol. The minimum atomic E-state index is -3.87. The van der Waals surface area contributed by atoms with Crippen LogP contribution in [0.3, 0.4) is 0 Å². The minimum Gasteiger partial charge on any atom is -0.492 e. The van der Waals surface area contributed by atoms with Crippen molar-refractivity contribution in [3.63, 3.8) is 0 Å². The summed E-state index contributed by atoms with van der Waals surface area (Å²) < 4.78 is 41.0. The number of methoxy groups -OCH3 is 1. The van der Waals surface area contributed by atoms with Gasteiger partial charge in [0.05, 0.1) is 35.4 Å². The van der Waals surface area contributed by atoms with Gasteiger partial charge in [-0.1, -0.05) is 19.9 Å². The van der Waals surface area contributed by atoms with Crippen molar-refractivity contribution >= 4 is 27.5 Å². The largest absolute Gasteiger partial charge is 0.492 e. The lowest BCUT2D eigenvalue weighted by Gasteiger charge is -2.33. The van der Waals surface area contributed by atoms with Crippen molar-refractivity contribution in [3.05, 3.63) is 42.2 Å². The molecule has 0 radical (unpaired) electrons. The average molecular weight is 598 g/mol. The van der Waals surface area contributed by atoms with E-state index in [0.29, 0.717) is 80.5 Å². The van der Waals surface area contributed by atoms with Gasteiger partial charge in [0.25, 0.3) is 5.91 Å². The SMILES string of the molecule is CCOc1c(C2=NC(=O)C3NN(CCOC)C(CC)C3=N2)cc(S(=O)(=O)N2CCN(CC)CC2)cc1-c1cccnc1. The number of hydrogen-bond acceptors (Lipinski definition) is 10. The third-order valence-electron chi connectivity index (χ3n) is 7.91. The van der Waals surface area contributed by atoms with E-state index >= 15 is 0 Å². The Bertz CT molecular complexity index is 1460. The van der Waals surface area contributed by atoms with Gasteiger partial charge in [-0.15, -0.1) is 0 Å². The Hall–Kier alpha value is -3.07. The quantitative estimate of drug-likeness (QED) is 0.412. The van der Waals surface area contributed by atoms with Crippen molar-refractivity contribution in [1.82, 2.24) is 24.6 Å². The maximum atomic E-state index is 14.0. The smallest absolute Gasteiger partial charge is 0.272 e. The number of sulfonamides is 1. The molecule has 2 unspecified atom stereocenters. The van der Waals surface area contributed by atoms with Gasteiger partial charge in [0.1, 0.15) is 11.8 Å². The fourth-order valence-corrected chi connectivity index (χ4v) is 7.14. The van der Waals surface area contributed by atoms with Crippen LogP contribution in [0, 0.1) is 0 Å². The number of aromatic nitrogens is 1. The van der Waals surface area contributed by atoms with E-state index in [2.05, 4.69) is 27.2 Å². The topological polar surface area (TPSA) is 129 Å². The number of carbonyl (C=O) groups excluding carboxylic acids is 1. The normalized spacial score (nSPS) is 22.1. The van der Waals surface area contributed by atoms with Gasteiger partial charge in [0.2, 0.25) is 10.0 Å². The predicted molar refractivity (Wildman–Crippen MR) is 160 cm³/mol. The number of nitrogens with zero attached hydrogens (tertiary/aromatic N) is 6. The number of carbonyl (C=O) groups is 1. The second-order valence-electron chi connectivity index (χ2n) is 10.3. The number of aliphatic imine (C=N–C) groups is 2. The predicted octanol–water partition coefficient (Wildman–Crippen LogP) is 1.82. The molecule has 2 atom stereocenters. The number of amides is 1. The molecule has 2 fully saturated rings. The molecule has 2 aromatic rings. The number of pyridine rings is 1. The van der Waals surface area contributed by atoms with Gasteiger partial charge in [-0.25, -0.2) is 23.8 Å². The molecule has 226 valence electrons. The lowest BCUT2D eigenvalue weighted by molar-refractivity contribution is -0.118. The Morgan fingerprint density at radius 3 is 2.48 bits per heavy atom. The number of piperazine rings is 1. The van der Waals surface area contributed by atoms with Crippen LogP contribution in [0.5, 0.6) is 5.75 Å². The Balaban J connectivity index is 1.65. The first kappa shape index (κ1) is 30.4. The summed E-state index contributed by atoms with van der Waals surface area (Å²) in [6.07, 6.45) is 4.03. The number of likely N-dealkylation sites (N-methyl/N-ethyl adjacent to an activating group) is 1. The Morgan fingerprint density at radius 1 is 1.07 bits per heavy atom. The van der Waals surface area contributed by atoms with E-state index in [0.717, 1.165) is 6.54 Å². The zero-order valence-corrected chi connectivity index (χ0v) is 25.4. The second-order valence-corrected chi connectivity index (χ2v) is 12.3. The maximum absolute atomic E-state index is 14.0. The molecule has 3 aliphatic heterocycles. The molecule has 1 amide bonds. The summed E-state index contributed by atoms with van der Waals surface area (Å²) in [7, 11) is -2.24. The number of ether oxygens (including phenoxy) is 2. The zero-order valence-electron chi connectivity index (χ0n) is 24.6. The molecule has 5 rings (SSSR count). The fraction of sp³-hybridized carbons (Fsp3) is 0.517. The lowest BCUT2D eigenvalue weighted by atomic mass is 9.99. The van der Waals surface area contributed by atoms with Crippen LogP contribution in [0.2, 0.25) is 0 Å². The highest BCUT2D eigenvalue weighted by atomic mass is 32.2. The molecule has 0 aliphatic carbocycles. The first-order chi connectivity index (χ1) is 20.3. The summed E-state index contributed by atoms with van der Waals surface area (Å²) in [4.78, 5) is 29.2. The van der Waals surface area contributed by atoms with Crippen LogP contribution in [-0.4, -0.2) is 117 Å². The van der Waals surface area contributed by atoms with Crippen LogP contribution < -0.4 is 10.2 Å². The standard InChI is InChI=1S/C29H39N7O5S/c1-5-24-25-26(33-36(24)15-16-40-4)29(37)32-28(31-25)23-18-21(42(38,39)35-13-11-34(6-2)12-14-35)17-22(27(23)41-7-3)20-9-8-10-30-19-20/h8-10,17-19,24,26,33H,5-7,11-16H2,1-4H3. The van der Waals surface area contributed by atoms with Gasteiger partial charge in [-0.2, -0.15) is 9.30 Å². The second kappa shape index (κ2) is 13.1. The van der Waals surface area contributed by atoms with E-state index in [1.165, 1.54) is 4.31 Å². The lowest BCUT2D eigenvalue weighted by Crippen LogP contribution is -2.48. The summed E-state index contributed by atoms with van der Waals surface area (Å²) in [6, 6.07) is 6.00. The number of benzene rings is 1. The molecule has 13 heteroatoms. The molecule has 4 heterocycles. The number of fused-ring (bicyclic) bond motifs is 1. The minimum absolute atomic E-state index is 0.0977. The highest BCUT2D eigenvalue weighted by Crippen LogP contribution is 2.38. The molecule has 12 nitrogen and oxygen atoms in total. The number of rotatable bonds is 11. The Morgan fingerprint density at radius 2 is 1.83 bits per heavy atom. The van der Waals surface area contributed by atoms with Crippen molar-refractivity contribution < 1.29 is 22.7 Å². The summed E-state index contributed by atoms with van der Waals surface area (Å²) in [5.41, 5.74) is 5.47. The highest BCUT2D eigenvalue weighted by molar-refractivity contribution is 7.89. The molecule has 0 spiro atoms.